The van der Waals surface area contributed by atoms with E-state index in [0.717, 1.165) is 42.4 Å². The first-order valence-corrected chi connectivity index (χ1v) is 11.7. The molecule has 1 saturated heterocycles. The van der Waals surface area contributed by atoms with Gasteiger partial charge in [-0.15, -0.1) is 0 Å². The third-order valence-corrected chi connectivity index (χ3v) is 6.42. The predicted octanol–water partition coefficient (Wildman–Crippen LogP) is 4.51. The van der Waals surface area contributed by atoms with E-state index < -0.39 is 5.41 Å². The molecule has 1 N–H and O–H groups in total. The molecule has 1 aliphatic heterocycles. The molecule has 0 radical (unpaired) electrons. The van der Waals surface area contributed by atoms with Gasteiger partial charge in [0.05, 0.1) is 5.41 Å². The molecule has 0 aliphatic carbocycles. The smallest absolute Gasteiger partial charge is 0.276 e. The first-order valence-electron chi connectivity index (χ1n) is 11.7. The summed E-state index contributed by atoms with van der Waals surface area (Å²) in [7, 11) is 1.67. The number of carbonyl (C=O) groups is 2. The second kappa shape index (κ2) is 10.0. The first kappa shape index (κ1) is 22.8. The van der Waals surface area contributed by atoms with Crippen LogP contribution >= 0.6 is 0 Å². The van der Waals surface area contributed by atoms with Gasteiger partial charge >= 0.3 is 0 Å². The number of benzene rings is 2. The van der Waals surface area contributed by atoms with Gasteiger partial charge in [-0.05, 0) is 42.4 Å². The van der Waals surface area contributed by atoms with E-state index in [9.17, 15) is 9.59 Å². The van der Waals surface area contributed by atoms with Crippen LogP contribution in [0.25, 0.3) is 11.1 Å². The Labute approximate surface area is 195 Å². The molecule has 6 nitrogen and oxygen atoms in total. The molecule has 0 saturated carbocycles. The summed E-state index contributed by atoms with van der Waals surface area (Å²) in [6.45, 7) is 3.02. The van der Waals surface area contributed by atoms with Gasteiger partial charge in [-0.3, -0.25) is 9.59 Å². The van der Waals surface area contributed by atoms with Crippen molar-refractivity contribution in [2.75, 3.05) is 20.1 Å². The van der Waals surface area contributed by atoms with E-state index in [4.69, 9.17) is 4.52 Å². The fourth-order valence-electron chi connectivity index (χ4n) is 4.80. The van der Waals surface area contributed by atoms with Crippen molar-refractivity contribution >= 4 is 11.8 Å². The summed E-state index contributed by atoms with van der Waals surface area (Å²) in [5.41, 5.74) is 2.98. The summed E-state index contributed by atoms with van der Waals surface area (Å²) >= 11 is 0. The van der Waals surface area contributed by atoms with Crippen LogP contribution in [-0.4, -0.2) is 42.0 Å². The average molecular weight is 446 g/mol. The van der Waals surface area contributed by atoms with E-state index in [1.54, 1.807) is 18.0 Å². The minimum Gasteiger partial charge on any atom is -0.361 e. The number of hydrogen-bond acceptors (Lipinski definition) is 4. The molecule has 1 atom stereocenters. The second-order valence-corrected chi connectivity index (χ2v) is 8.86. The summed E-state index contributed by atoms with van der Waals surface area (Å²) in [4.78, 5) is 28.1. The molecule has 2 heterocycles. The zero-order chi connectivity index (χ0) is 23.3. The Bertz CT molecular complexity index is 1110. The average Bonchev–Trinajstić information content (AvgIpc) is 3.33. The van der Waals surface area contributed by atoms with Gasteiger partial charge in [-0.2, -0.15) is 0 Å². The Morgan fingerprint density at radius 1 is 1.09 bits per heavy atom. The van der Waals surface area contributed by atoms with Crippen molar-refractivity contribution in [1.29, 1.82) is 0 Å². The van der Waals surface area contributed by atoms with Gasteiger partial charge in [0.25, 0.3) is 5.91 Å². The largest absolute Gasteiger partial charge is 0.361 e. The SMILES string of the molecule is CCCc1cc(C(=O)N2CCCC(Cc3cccc(-c4ccccc4)c3)(C(=O)NC)C2)no1. The van der Waals surface area contributed by atoms with Crippen molar-refractivity contribution < 1.29 is 14.1 Å². The highest BCUT2D eigenvalue weighted by atomic mass is 16.5. The molecule has 1 aliphatic rings. The highest BCUT2D eigenvalue weighted by Gasteiger charge is 2.43. The number of aryl methyl sites for hydroxylation is 1. The van der Waals surface area contributed by atoms with E-state index in [2.05, 4.69) is 47.7 Å². The van der Waals surface area contributed by atoms with Crippen LogP contribution in [0.4, 0.5) is 0 Å². The summed E-state index contributed by atoms with van der Waals surface area (Å²) < 4.78 is 5.31. The quantitative estimate of drug-likeness (QED) is 0.581. The maximum Gasteiger partial charge on any atom is 0.276 e. The lowest BCUT2D eigenvalue weighted by Crippen LogP contribution is -2.54. The third kappa shape index (κ3) is 5.00. The Balaban J connectivity index is 1.58. The number of hydrogen-bond donors (Lipinski definition) is 1. The summed E-state index contributed by atoms with van der Waals surface area (Å²) in [6.07, 6.45) is 3.73. The summed E-state index contributed by atoms with van der Waals surface area (Å²) in [5.74, 6) is 0.511. The zero-order valence-corrected chi connectivity index (χ0v) is 19.3. The Morgan fingerprint density at radius 3 is 2.64 bits per heavy atom. The standard InChI is InChI=1S/C27H31N3O3/c1-3-9-23-17-24(29-33-23)25(31)30-15-8-14-27(19-30,26(32)28-2)18-20-10-7-13-22(16-20)21-11-5-4-6-12-21/h4-7,10-13,16-17H,3,8-9,14-15,18-19H2,1-2H3,(H,28,32). The van der Waals surface area contributed by atoms with Crippen LogP contribution in [0.2, 0.25) is 0 Å². The van der Waals surface area contributed by atoms with Crippen molar-refractivity contribution in [2.45, 2.75) is 39.0 Å². The van der Waals surface area contributed by atoms with E-state index in [1.165, 1.54) is 0 Å². The van der Waals surface area contributed by atoms with E-state index in [0.29, 0.717) is 31.0 Å². The Morgan fingerprint density at radius 2 is 1.88 bits per heavy atom. The van der Waals surface area contributed by atoms with Crippen LogP contribution in [0.5, 0.6) is 0 Å². The minimum atomic E-state index is -0.687. The van der Waals surface area contributed by atoms with Gasteiger partial charge in [0.1, 0.15) is 5.76 Å². The number of piperidine rings is 1. The summed E-state index contributed by atoms with van der Waals surface area (Å²) in [5, 5.41) is 6.84. The molecule has 0 bridgehead atoms. The molecule has 2 amide bonds. The van der Waals surface area contributed by atoms with Gasteiger partial charge in [0.15, 0.2) is 5.69 Å². The molecule has 0 spiro atoms. The monoisotopic (exact) mass is 445 g/mol. The number of likely N-dealkylation sites (tertiary alicyclic amines) is 1. The molecule has 6 heteroatoms. The lowest BCUT2D eigenvalue weighted by atomic mass is 9.74. The predicted molar refractivity (Wildman–Crippen MR) is 128 cm³/mol. The molecule has 1 unspecified atom stereocenters. The molecule has 1 fully saturated rings. The van der Waals surface area contributed by atoms with Crippen molar-refractivity contribution in [3.8, 4) is 11.1 Å². The number of amides is 2. The van der Waals surface area contributed by atoms with Gasteiger partial charge in [0.2, 0.25) is 5.91 Å². The molecule has 172 valence electrons. The maximum absolute atomic E-state index is 13.2. The molecule has 33 heavy (non-hydrogen) atoms. The van der Waals surface area contributed by atoms with E-state index >= 15 is 0 Å². The third-order valence-electron chi connectivity index (χ3n) is 6.42. The highest BCUT2D eigenvalue weighted by molar-refractivity contribution is 5.93. The van der Waals surface area contributed by atoms with Gasteiger partial charge in [0, 0.05) is 32.6 Å². The van der Waals surface area contributed by atoms with Crippen molar-refractivity contribution in [3.63, 3.8) is 0 Å². The van der Waals surface area contributed by atoms with Crippen LogP contribution in [0.3, 0.4) is 0 Å². The lowest BCUT2D eigenvalue weighted by molar-refractivity contribution is -0.133. The molecular weight excluding hydrogens is 414 g/mol. The van der Waals surface area contributed by atoms with Crippen LogP contribution in [0, 0.1) is 5.41 Å². The normalized spacial score (nSPS) is 18.2. The summed E-state index contributed by atoms with van der Waals surface area (Å²) in [6, 6.07) is 20.3. The number of nitrogens with one attached hydrogen (secondary N) is 1. The lowest BCUT2D eigenvalue weighted by Gasteiger charge is -2.41. The zero-order valence-electron chi connectivity index (χ0n) is 19.3. The fourth-order valence-corrected chi connectivity index (χ4v) is 4.80. The van der Waals surface area contributed by atoms with Gasteiger partial charge in [-0.25, -0.2) is 0 Å². The van der Waals surface area contributed by atoms with Gasteiger partial charge < -0.3 is 14.7 Å². The van der Waals surface area contributed by atoms with Crippen LogP contribution in [0.1, 0.15) is 48.0 Å². The Hall–Kier alpha value is -3.41. The maximum atomic E-state index is 13.2. The Kier molecular flexibility index (Phi) is 6.92. The molecule has 4 rings (SSSR count). The number of rotatable bonds is 7. The van der Waals surface area contributed by atoms with Crippen molar-refractivity contribution in [1.82, 2.24) is 15.4 Å². The van der Waals surface area contributed by atoms with Gasteiger partial charge in [-0.1, -0.05) is 66.7 Å². The fraction of sp³-hybridized carbons (Fsp3) is 0.370. The van der Waals surface area contributed by atoms with Crippen LogP contribution in [-0.2, 0) is 17.6 Å². The number of nitrogens with zero attached hydrogens (tertiary/aromatic N) is 2. The van der Waals surface area contributed by atoms with E-state index in [-0.39, 0.29) is 11.8 Å². The van der Waals surface area contributed by atoms with Crippen molar-refractivity contribution in [2.24, 2.45) is 5.41 Å². The molecule has 2 aromatic carbocycles. The van der Waals surface area contributed by atoms with E-state index in [1.807, 2.05) is 24.3 Å². The molecular formula is C27H31N3O3. The molecule has 3 aromatic rings. The van der Waals surface area contributed by atoms with Crippen molar-refractivity contribution in [3.05, 3.63) is 77.7 Å². The topological polar surface area (TPSA) is 75.4 Å². The van der Waals surface area contributed by atoms with Crippen LogP contribution in [0.15, 0.2) is 65.2 Å². The van der Waals surface area contributed by atoms with Crippen LogP contribution < -0.4 is 5.32 Å². The molecule has 1 aromatic heterocycles. The number of carbonyl (C=O) groups excluding carboxylic acids is 2. The minimum absolute atomic E-state index is 0.0306. The first-order chi connectivity index (χ1) is 16.0. The number of aromatic nitrogens is 1. The second-order valence-electron chi connectivity index (χ2n) is 8.86. The highest BCUT2D eigenvalue weighted by Crippen LogP contribution is 2.35.